The topological polar surface area (TPSA) is 106 Å². The van der Waals surface area contributed by atoms with Crippen molar-refractivity contribution in [2.24, 2.45) is 0 Å². The van der Waals surface area contributed by atoms with Crippen molar-refractivity contribution in [1.82, 2.24) is 9.55 Å². The molecule has 1 aliphatic rings. The lowest BCUT2D eigenvalue weighted by Gasteiger charge is -2.24. The van der Waals surface area contributed by atoms with Gasteiger partial charge in [0.15, 0.2) is 5.69 Å². The lowest BCUT2D eigenvalue weighted by molar-refractivity contribution is -0.141. The van der Waals surface area contributed by atoms with Crippen molar-refractivity contribution >= 4 is 11.9 Å². The first kappa shape index (κ1) is 13.4. The van der Waals surface area contributed by atoms with Gasteiger partial charge in [0, 0.05) is 0 Å². The third-order valence-corrected chi connectivity index (χ3v) is 3.69. The molecule has 2 aromatic heterocycles. The monoisotopic (exact) mass is 290 g/mol. The molecule has 1 aliphatic heterocycles. The van der Waals surface area contributed by atoms with E-state index >= 15 is 0 Å². The Labute approximate surface area is 119 Å². The van der Waals surface area contributed by atoms with E-state index < -0.39 is 18.0 Å². The number of imidazole rings is 1. The van der Waals surface area contributed by atoms with E-state index in [1.54, 1.807) is 16.7 Å². The first-order valence-corrected chi connectivity index (χ1v) is 6.66. The van der Waals surface area contributed by atoms with E-state index in [0.29, 0.717) is 36.5 Å². The van der Waals surface area contributed by atoms with Gasteiger partial charge in [0.2, 0.25) is 0 Å². The Morgan fingerprint density at radius 2 is 2.24 bits per heavy atom. The molecule has 2 N–H and O–H groups in total. The van der Waals surface area contributed by atoms with E-state index in [0.717, 1.165) is 0 Å². The van der Waals surface area contributed by atoms with Crippen LogP contribution in [-0.2, 0) is 17.6 Å². The van der Waals surface area contributed by atoms with Gasteiger partial charge in [-0.3, -0.25) is 0 Å². The zero-order valence-corrected chi connectivity index (χ0v) is 11.2. The maximum Gasteiger partial charge on any atom is 0.356 e. The number of aliphatic carboxylic acids is 1. The van der Waals surface area contributed by atoms with Crippen LogP contribution in [0.2, 0.25) is 0 Å². The summed E-state index contributed by atoms with van der Waals surface area (Å²) in [5.74, 6) is -1.06. The Bertz CT molecular complexity index is 687. The van der Waals surface area contributed by atoms with E-state index in [4.69, 9.17) is 4.42 Å². The highest BCUT2D eigenvalue weighted by atomic mass is 16.4. The van der Waals surface area contributed by atoms with Crippen LogP contribution in [-0.4, -0.2) is 31.7 Å². The summed E-state index contributed by atoms with van der Waals surface area (Å²) in [6.07, 6.45) is 3.43. The molecule has 0 aliphatic carbocycles. The van der Waals surface area contributed by atoms with Gasteiger partial charge in [0.1, 0.15) is 17.6 Å². The average Bonchev–Trinajstić information content (AvgIpc) is 3.07. The molecule has 0 bridgehead atoms. The number of rotatable bonds is 4. The van der Waals surface area contributed by atoms with Gasteiger partial charge in [-0.15, -0.1) is 0 Å². The summed E-state index contributed by atoms with van der Waals surface area (Å²) in [7, 11) is 0. The molecule has 0 amide bonds. The standard InChI is InChI=1S/C14H14N2O5/c17-13(18)10-5-1-4-9-12(14(19)20)15-11(16(9)10)7-8-3-2-6-21-8/h2-3,6,10H,1,4-5,7H2,(H,17,18)(H,19,20). The van der Waals surface area contributed by atoms with Crippen molar-refractivity contribution in [3.63, 3.8) is 0 Å². The van der Waals surface area contributed by atoms with E-state index in [1.165, 1.54) is 6.26 Å². The molecular formula is C14H14N2O5. The second-order valence-electron chi connectivity index (χ2n) is 5.00. The van der Waals surface area contributed by atoms with Crippen LogP contribution in [0.1, 0.15) is 46.7 Å². The molecule has 7 nitrogen and oxygen atoms in total. The van der Waals surface area contributed by atoms with Crippen LogP contribution in [0.4, 0.5) is 0 Å². The number of carbonyl (C=O) groups is 2. The zero-order valence-electron chi connectivity index (χ0n) is 11.2. The first-order chi connectivity index (χ1) is 10.1. The fourth-order valence-electron chi connectivity index (χ4n) is 2.82. The van der Waals surface area contributed by atoms with Gasteiger partial charge >= 0.3 is 11.9 Å². The number of aromatic nitrogens is 2. The number of hydrogen-bond acceptors (Lipinski definition) is 4. The van der Waals surface area contributed by atoms with Crippen molar-refractivity contribution in [2.45, 2.75) is 31.7 Å². The summed E-state index contributed by atoms with van der Waals surface area (Å²) in [4.78, 5) is 26.9. The van der Waals surface area contributed by atoms with E-state index in [1.807, 2.05) is 0 Å². The molecule has 2 aromatic rings. The van der Waals surface area contributed by atoms with Gasteiger partial charge in [-0.25, -0.2) is 14.6 Å². The van der Waals surface area contributed by atoms with Crippen LogP contribution in [0, 0.1) is 0 Å². The van der Waals surface area contributed by atoms with Crippen molar-refractivity contribution in [3.8, 4) is 0 Å². The summed E-state index contributed by atoms with van der Waals surface area (Å²) in [6, 6.07) is 2.71. The Morgan fingerprint density at radius 3 is 2.86 bits per heavy atom. The smallest absolute Gasteiger partial charge is 0.356 e. The molecule has 0 spiro atoms. The van der Waals surface area contributed by atoms with E-state index in [-0.39, 0.29) is 12.1 Å². The third-order valence-electron chi connectivity index (χ3n) is 3.69. The van der Waals surface area contributed by atoms with Gasteiger partial charge in [0.25, 0.3) is 0 Å². The van der Waals surface area contributed by atoms with Crippen LogP contribution < -0.4 is 0 Å². The van der Waals surface area contributed by atoms with Gasteiger partial charge in [0.05, 0.1) is 18.4 Å². The Hall–Kier alpha value is -2.57. The van der Waals surface area contributed by atoms with Crippen LogP contribution in [0.3, 0.4) is 0 Å². The van der Waals surface area contributed by atoms with E-state index in [9.17, 15) is 19.8 Å². The van der Waals surface area contributed by atoms with Gasteiger partial charge in [-0.2, -0.15) is 0 Å². The zero-order chi connectivity index (χ0) is 15.0. The van der Waals surface area contributed by atoms with Crippen molar-refractivity contribution < 1.29 is 24.2 Å². The molecule has 110 valence electrons. The van der Waals surface area contributed by atoms with Crippen molar-refractivity contribution in [2.75, 3.05) is 0 Å². The lowest BCUT2D eigenvalue weighted by atomic mass is 10.0. The molecule has 0 saturated carbocycles. The second kappa shape index (κ2) is 5.08. The Morgan fingerprint density at radius 1 is 1.43 bits per heavy atom. The molecular weight excluding hydrogens is 276 g/mol. The largest absolute Gasteiger partial charge is 0.480 e. The van der Waals surface area contributed by atoms with Crippen molar-refractivity contribution in [1.29, 1.82) is 0 Å². The number of carboxylic acid groups (broad SMARTS) is 2. The highest BCUT2D eigenvalue weighted by Crippen LogP contribution is 2.30. The maximum atomic E-state index is 11.4. The summed E-state index contributed by atoms with van der Waals surface area (Å²) in [5.41, 5.74) is 0.435. The van der Waals surface area contributed by atoms with Crippen LogP contribution in [0.25, 0.3) is 0 Å². The minimum Gasteiger partial charge on any atom is -0.480 e. The van der Waals surface area contributed by atoms with Crippen LogP contribution >= 0.6 is 0 Å². The van der Waals surface area contributed by atoms with Gasteiger partial charge in [-0.05, 0) is 31.4 Å². The summed E-state index contributed by atoms with van der Waals surface area (Å²) < 4.78 is 6.80. The number of aromatic carboxylic acids is 1. The quantitative estimate of drug-likeness (QED) is 0.888. The fourth-order valence-corrected chi connectivity index (χ4v) is 2.82. The highest BCUT2D eigenvalue weighted by Gasteiger charge is 2.33. The number of carboxylic acids is 2. The van der Waals surface area contributed by atoms with Gasteiger partial charge < -0.3 is 19.2 Å². The predicted molar refractivity (Wildman–Crippen MR) is 70.3 cm³/mol. The SMILES string of the molecule is O=C(O)c1nc(Cc2ccco2)n2c1CCCC2C(=O)O. The molecule has 1 unspecified atom stereocenters. The van der Waals surface area contributed by atoms with E-state index in [2.05, 4.69) is 4.98 Å². The lowest BCUT2D eigenvalue weighted by Crippen LogP contribution is -2.27. The fraction of sp³-hybridized carbons (Fsp3) is 0.357. The second-order valence-corrected chi connectivity index (χ2v) is 5.00. The number of hydrogen-bond donors (Lipinski definition) is 2. The minimum absolute atomic E-state index is 0.0532. The first-order valence-electron chi connectivity index (χ1n) is 6.66. The number of nitrogens with zero attached hydrogens (tertiary/aromatic N) is 2. The summed E-state index contributed by atoms with van der Waals surface area (Å²) >= 11 is 0. The number of fused-ring (bicyclic) bond motifs is 1. The molecule has 1 atom stereocenters. The molecule has 3 rings (SSSR count). The van der Waals surface area contributed by atoms with Crippen LogP contribution in [0.5, 0.6) is 0 Å². The molecule has 21 heavy (non-hydrogen) atoms. The number of furan rings is 1. The minimum atomic E-state index is -1.13. The predicted octanol–water partition coefficient (Wildman–Crippen LogP) is 1.73. The highest BCUT2D eigenvalue weighted by molar-refractivity contribution is 5.87. The summed E-state index contributed by atoms with van der Waals surface area (Å²) in [5, 5.41) is 18.6. The molecule has 0 fully saturated rings. The molecule has 0 saturated heterocycles. The Balaban J connectivity index is 2.10. The summed E-state index contributed by atoms with van der Waals surface area (Å²) in [6.45, 7) is 0. The maximum absolute atomic E-state index is 11.4. The third kappa shape index (κ3) is 2.31. The average molecular weight is 290 g/mol. The Kier molecular flexibility index (Phi) is 3.25. The normalized spacial score (nSPS) is 17.4. The van der Waals surface area contributed by atoms with Gasteiger partial charge in [-0.1, -0.05) is 0 Å². The molecule has 0 aromatic carbocycles. The van der Waals surface area contributed by atoms with Crippen LogP contribution in [0.15, 0.2) is 22.8 Å². The molecule has 0 radical (unpaired) electrons. The van der Waals surface area contributed by atoms with Crippen molar-refractivity contribution in [3.05, 3.63) is 41.4 Å². The molecule has 3 heterocycles. The molecule has 7 heteroatoms.